The van der Waals surface area contributed by atoms with Crippen LogP contribution in [0.5, 0.6) is 0 Å². The Kier molecular flexibility index (Phi) is 7.00. The summed E-state index contributed by atoms with van der Waals surface area (Å²) in [5.74, 6) is 0.424. The SMILES string of the molecule is CC(C)CCNC(=O)c1ccc(N)cc1Cl.Cl. The van der Waals surface area contributed by atoms with E-state index >= 15 is 0 Å². The lowest BCUT2D eigenvalue weighted by molar-refractivity contribution is 0.0952. The Balaban J connectivity index is 0.00000256. The van der Waals surface area contributed by atoms with E-state index in [0.29, 0.717) is 28.7 Å². The maximum Gasteiger partial charge on any atom is 0.252 e. The Morgan fingerprint density at radius 3 is 2.65 bits per heavy atom. The van der Waals surface area contributed by atoms with Gasteiger partial charge in [0.25, 0.3) is 5.91 Å². The van der Waals surface area contributed by atoms with E-state index < -0.39 is 0 Å². The van der Waals surface area contributed by atoms with Crippen molar-refractivity contribution in [1.29, 1.82) is 0 Å². The van der Waals surface area contributed by atoms with E-state index in [1.807, 2.05) is 0 Å². The van der Waals surface area contributed by atoms with Gasteiger partial charge in [-0.2, -0.15) is 0 Å². The molecule has 0 spiro atoms. The molecule has 0 radical (unpaired) electrons. The summed E-state index contributed by atoms with van der Waals surface area (Å²) in [7, 11) is 0. The second-order valence-corrected chi connectivity index (χ2v) is 4.58. The highest BCUT2D eigenvalue weighted by molar-refractivity contribution is 6.34. The van der Waals surface area contributed by atoms with Crippen LogP contribution >= 0.6 is 24.0 Å². The molecule has 0 unspecified atom stereocenters. The molecule has 3 N–H and O–H groups in total. The highest BCUT2D eigenvalue weighted by Gasteiger charge is 2.09. The van der Waals surface area contributed by atoms with Gasteiger partial charge in [-0.25, -0.2) is 0 Å². The molecule has 1 amide bonds. The summed E-state index contributed by atoms with van der Waals surface area (Å²) in [6.07, 6.45) is 0.957. The second-order valence-electron chi connectivity index (χ2n) is 4.18. The van der Waals surface area contributed by atoms with Crippen molar-refractivity contribution in [2.75, 3.05) is 12.3 Å². The van der Waals surface area contributed by atoms with Gasteiger partial charge in [0.1, 0.15) is 0 Å². The Labute approximate surface area is 113 Å². The average Bonchev–Trinajstić information content (AvgIpc) is 2.16. The molecule has 17 heavy (non-hydrogen) atoms. The lowest BCUT2D eigenvalue weighted by Crippen LogP contribution is -2.25. The van der Waals surface area contributed by atoms with Gasteiger partial charge in [-0.05, 0) is 30.5 Å². The topological polar surface area (TPSA) is 55.1 Å². The van der Waals surface area contributed by atoms with Crippen molar-refractivity contribution in [1.82, 2.24) is 5.32 Å². The zero-order chi connectivity index (χ0) is 12.1. The predicted molar refractivity (Wildman–Crippen MR) is 74.9 cm³/mol. The van der Waals surface area contributed by atoms with Gasteiger partial charge in [-0.1, -0.05) is 25.4 Å². The summed E-state index contributed by atoms with van der Waals surface area (Å²) in [5, 5.41) is 3.22. The van der Waals surface area contributed by atoms with Crippen LogP contribution in [0.15, 0.2) is 18.2 Å². The third-order valence-corrected chi connectivity index (χ3v) is 2.56. The normalized spacial score (nSPS) is 9.88. The van der Waals surface area contributed by atoms with Crippen LogP contribution in [0.2, 0.25) is 5.02 Å². The Hall–Kier alpha value is -0.930. The lowest BCUT2D eigenvalue weighted by atomic mass is 10.1. The maximum atomic E-state index is 11.7. The molecular weight excluding hydrogens is 259 g/mol. The van der Waals surface area contributed by atoms with E-state index in [-0.39, 0.29) is 18.3 Å². The first kappa shape index (κ1) is 16.1. The van der Waals surface area contributed by atoms with Crippen LogP contribution in [-0.2, 0) is 0 Å². The van der Waals surface area contributed by atoms with Crippen molar-refractivity contribution in [2.45, 2.75) is 20.3 Å². The van der Waals surface area contributed by atoms with E-state index in [9.17, 15) is 4.79 Å². The van der Waals surface area contributed by atoms with E-state index in [1.54, 1.807) is 18.2 Å². The van der Waals surface area contributed by atoms with Gasteiger partial charge in [0.2, 0.25) is 0 Å². The van der Waals surface area contributed by atoms with Crippen LogP contribution in [0, 0.1) is 5.92 Å². The fourth-order valence-corrected chi connectivity index (χ4v) is 1.56. The lowest BCUT2D eigenvalue weighted by Gasteiger charge is -2.08. The van der Waals surface area contributed by atoms with Crippen LogP contribution in [-0.4, -0.2) is 12.5 Å². The summed E-state index contributed by atoms with van der Waals surface area (Å²) in [6.45, 7) is 4.89. The molecule has 0 saturated heterocycles. The van der Waals surface area contributed by atoms with Crippen molar-refractivity contribution in [3.8, 4) is 0 Å². The summed E-state index contributed by atoms with van der Waals surface area (Å²) in [4.78, 5) is 11.7. The van der Waals surface area contributed by atoms with Gasteiger partial charge >= 0.3 is 0 Å². The highest BCUT2D eigenvalue weighted by atomic mass is 35.5. The molecule has 0 fully saturated rings. The summed E-state index contributed by atoms with van der Waals surface area (Å²) >= 11 is 5.93. The minimum atomic E-state index is -0.148. The highest BCUT2D eigenvalue weighted by Crippen LogP contribution is 2.18. The fraction of sp³-hybridized carbons (Fsp3) is 0.417. The number of amides is 1. The quantitative estimate of drug-likeness (QED) is 0.831. The van der Waals surface area contributed by atoms with Crippen molar-refractivity contribution in [2.24, 2.45) is 5.92 Å². The van der Waals surface area contributed by atoms with Crippen LogP contribution in [0.3, 0.4) is 0 Å². The second kappa shape index (κ2) is 7.41. The first-order chi connectivity index (χ1) is 7.50. The van der Waals surface area contributed by atoms with E-state index in [0.717, 1.165) is 6.42 Å². The van der Waals surface area contributed by atoms with Crippen molar-refractivity contribution < 1.29 is 4.79 Å². The predicted octanol–water partition coefficient (Wildman–Crippen LogP) is 3.12. The molecule has 1 aromatic carbocycles. The first-order valence-corrected chi connectivity index (χ1v) is 5.71. The molecule has 1 rings (SSSR count). The summed E-state index contributed by atoms with van der Waals surface area (Å²) < 4.78 is 0. The first-order valence-electron chi connectivity index (χ1n) is 5.34. The van der Waals surface area contributed by atoms with Gasteiger partial charge < -0.3 is 11.1 Å². The van der Waals surface area contributed by atoms with Crippen molar-refractivity contribution in [3.05, 3.63) is 28.8 Å². The van der Waals surface area contributed by atoms with Gasteiger partial charge in [0, 0.05) is 12.2 Å². The zero-order valence-corrected chi connectivity index (χ0v) is 11.6. The molecule has 1 aromatic rings. The Morgan fingerprint density at radius 1 is 1.47 bits per heavy atom. The molecule has 5 heteroatoms. The number of anilines is 1. The largest absolute Gasteiger partial charge is 0.399 e. The number of halogens is 2. The van der Waals surface area contributed by atoms with E-state index in [1.165, 1.54) is 0 Å². The fourth-order valence-electron chi connectivity index (χ4n) is 1.29. The molecule has 0 aliphatic carbocycles. The number of carbonyl (C=O) groups excluding carboxylic acids is 1. The van der Waals surface area contributed by atoms with E-state index in [2.05, 4.69) is 19.2 Å². The number of benzene rings is 1. The number of hydrogen-bond acceptors (Lipinski definition) is 2. The van der Waals surface area contributed by atoms with Crippen molar-refractivity contribution in [3.63, 3.8) is 0 Å². The van der Waals surface area contributed by atoms with Gasteiger partial charge in [-0.3, -0.25) is 4.79 Å². The molecule has 0 aliphatic heterocycles. The zero-order valence-electron chi connectivity index (χ0n) is 10.00. The average molecular weight is 277 g/mol. The van der Waals surface area contributed by atoms with E-state index in [4.69, 9.17) is 17.3 Å². The number of nitrogens with one attached hydrogen (secondary N) is 1. The molecule has 0 saturated carbocycles. The third-order valence-electron chi connectivity index (χ3n) is 2.25. The molecular formula is C12H18Cl2N2O. The monoisotopic (exact) mass is 276 g/mol. The van der Waals surface area contributed by atoms with Gasteiger partial charge in [0.15, 0.2) is 0 Å². The number of carbonyl (C=O) groups is 1. The number of hydrogen-bond donors (Lipinski definition) is 2. The summed E-state index contributed by atoms with van der Waals surface area (Å²) in [6, 6.07) is 4.89. The standard InChI is InChI=1S/C12H17ClN2O.ClH/c1-8(2)5-6-15-12(16)10-4-3-9(14)7-11(10)13;/h3-4,7-8H,5-6,14H2,1-2H3,(H,15,16);1H. The van der Waals surface area contributed by atoms with Gasteiger partial charge in [-0.15, -0.1) is 12.4 Å². The minimum Gasteiger partial charge on any atom is -0.399 e. The van der Waals surface area contributed by atoms with Gasteiger partial charge in [0.05, 0.1) is 10.6 Å². The summed E-state index contributed by atoms with van der Waals surface area (Å²) in [5.41, 5.74) is 6.58. The molecule has 0 aromatic heterocycles. The number of nitrogen functional groups attached to an aromatic ring is 1. The van der Waals surface area contributed by atoms with Crippen LogP contribution in [0.4, 0.5) is 5.69 Å². The smallest absolute Gasteiger partial charge is 0.252 e. The molecule has 0 heterocycles. The van der Waals surface area contributed by atoms with Crippen molar-refractivity contribution >= 4 is 35.6 Å². The number of rotatable bonds is 4. The molecule has 0 atom stereocenters. The molecule has 0 aliphatic rings. The Morgan fingerprint density at radius 2 is 2.12 bits per heavy atom. The number of nitrogens with two attached hydrogens (primary N) is 1. The minimum absolute atomic E-state index is 0. The third kappa shape index (κ3) is 5.29. The molecule has 0 bridgehead atoms. The molecule has 96 valence electrons. The molecule has 3 nitrogen and oxygen atoms in total. The van der Waals surface area contributed by atoms with Crippen LogP contribution < -0.4 is 11.1 Å². The van der Waals surface area contributed by atoms with Crippen LogP contribution in [0.25, 0.3) is 0 Å². The Bertz CT molecular complexity index is 381. The maximum absolute atomic E-state index is 11.7. The van der Waals surface area contributed by atoms with Crippen LogP contribution in [0.1, 0.15) is 30.6 Å².